The van der Waals surface area contributed by atoms with Crippen LogP contribution in [0.5, 0.6) is 28.7 Å². The normalized spacial score (nSPS) is 15.5. The average molecular weight is 427 g/mol. The Morgan fingerprint density at radius 2 is 1.61 bits per heavy atom. The summed E-state index contributed by atoms with van der Waals surface area (Å²) in [5.74, 6) is 2.82. The van der Waals surface area contributed by atoms with Gasteiger partial charge in [0.2, 0.25) is 12.5 Å². The molecule has 1 fully saturated rings. The third-order valence-corrected chi connectivity index (χ3v) is 5.98. The Morgan fingerprint density at radius 1 is 0.935 bits per heavy atom. The van der Waals surface area contributed by atoms with Crippen molar-refractivity contribution in [2.24, 2.45) is 0 Å². The summed E-state index contributed by atoms with van der Waals surface area (Å²) in [5, 5.41) is 0. The molecule has 2 aromatic carbocycles. The standard InChI is InChI=1S/C24H29NO6/c1-27-21-12-17(13-22(28-2)23(21)29-3)24(26)25(18-7-5-4-6-8-18)14-16-9-10-19-20(11-16)31-15-30-19/h9-13,18H,4-8,14-15H2,1-3H3. The zero-order valence-electron chi connectivity index (χ0n) is 18.3. The van der Waals surface area contributed by atoms with E-state index in [4.69, 9.17) is 23.7 Å². The van der Waals surface area contributed by atoms with E-state index in [-0.39, 0.29) is 18.7 Å². The maximum atomic E-state index is 13.7. The summed E-state index contributed by atoms with van der Waals surface area (Å²) in [6, 6.07) is 9.48. The first-order chi connectivity index (χ1) is 15.1. The van der Waals surface area contributed by atoms with Gasteiger partial charge in [-0.05, 0) is 42.7 Å². The van der Waals surface area contributed by atoms with Crippen LogP contribution in [0.4, 0.5) is 0 Å². The van der Waals surface area contributed by atoms with Gasteiger partial charge >= 0.3 is 0 Å². The van der Waals surface area contributed by atoms with Gasteiger partial charge in [0.1, 0.15) is 0 Å². The highest BCUT2D eigenvalue weighted by Crippen LogP contribution is 2.39. The number of hydrogen-bond acceptors (Lipinski definition) is 6. The molecule has 2 aromatic rings. The molecule has 166 valence electrons. The third kappa shape index (κ3) is 4.36. The lowest BCUT2D eigenvalue weighted by Gasteiger charge is -2.35. The smallest absolute Gasteiger partial charge is 0.254 e. The molecule has 7 heteroatoms. The van der Waals surface area contributed by atoms with Crippen molar-refractivity contribution in [2.45, 2.75) is 44.7 Å². The minimum Gasteiger partial charge on any atom is -0.493 e. The van der Waals surface area contributed by atoms with Crippen molar-refractivity contribution in [1.29, 1.82) is 0 Å². The van der Waals surface area contributed by atoms with Crippen LogP contribution in [0.2, 0.25) is 0 Å². The van der Waals surface area contributed by atoms with E-state index in [0.29, 0.717) is 29.4 Å². The van der Waals surface area contributed by atoms with Gasteiger partial charge in [-0.1, -0.05) is 25.3 Å². The van der Waals surface area contributed by atoms with Crippen molar-refractivity contribution < 1.29 is 28.5 Å². The first kappa shape index (κ1) is 21.2. The van der Waals surface area contributed by atoms with E-state index < -0.39 is 0 Å². The summed E-state index contributed by atoms with van der Waals surface area (Å²) in [5.41, 5.74) is 1.52. The molecule has 0 radical (unpaired) electrons. The van der Waals surface area contributed by atoms with E-state index in [9.17, 15) is 4.79 Å². The van der Waals surface area contributed by atoms with Crippen molar-refractivity contribution in [2.75, 3.05) is 28.1 Å². The molecule has 1 heterocycles. The summed E-state index contributed by atoms with van der Waals surface area (Å²) in [7, 11) is 4.66. The Hall–Kier alpha value is -3.09. The Bertz CT molecular complexity index is 913. The molecule has 1 aliphatic carbocycles. The molecular weight excluding hydrogens is 398 g/mol. The molecule has 0 unspecified atom stereocenters. The van der Waals surface area contributed by atoms with Crippen LogP contribution in [0.15, 0.2) is 30.3 Å². The maximum absolute atomic E-state index is 13.7. The SMILES string of the molecule is COc1cc(C(=O)N(Cc2ccc3c(c2)OCO3)C2CCCCC2)cc(OC)c1OC. The summed E-state index contributed by atoms with van der Waals surface area (Å²) >= 11 is 0. The Morgan fingerprint density at radius 3 is 2.26 bits per heavy atom. The Labute approximate surface area is 182 Å². The molecule has 7 nitrogen and oxygen atoms in total. The molecule has 0 spiro atoms. The van der Waals surface area contributed by atoms with Gasteiger partial charge in [0.05, 0.1) is 21.3 Å². The topological polar surface area (TPSA) is 66.5 Å². The summed E-state index contributed by atoms with van der Waals surface area (Å²) < 4.78 is 27.3. The number of benzene rings is 2. The second-order valence-electron chi connectivity index (χ2n) is 7.83. The number of carbonyl (C=O) groups excluding carboxylic acids is 1. The highest BCUT2D eigenvalue weighted by atomic mass is 16.7. The molecule has 1 saturated carbocycles. The summed E-state index contributed by atoms with van der Waals surface area (Å²) in [6.45, 7) is 0.728. The quantitative estimate of drug-likeness (QED) is 0.652. The van der Waals surface area contributed by atoms with E-state index in [2.05, 4.69) is 0 Å². The number of carbonyl (C=O) groups is 1. The van der Waals surface area contributed by atoms with Gasteiger partial charge in [0, 0.05) is 18.2 Å². The minimum absolute atomic E-state index is 0.0520. The lowest BCUT2D eigenvalue weighted by Crippen LogP contribution is -2.41. The number of amides is 1. The van der Waals surface area contributed by atoms with Gasteiger partial charge in [-0.3, -0.25) is 4.79 Å². The lowest BCUT2D eigenvalue weighted by molar-refractivity contribution is 0.0613. The van der Waals surface area contributed by atoms with Gasteiger partial charge in [-0.25, -0.2) is 0 Å². The van der Waals surface area contributed by atoms with Crippen LogP contribution in [0, 0.1) is 0 Å². The van der Waals surface area contributed by atoms with Gasteiger partial charge in [0.25, 0.3) is 5.91 Å². The van der Waals surface area contributed by atoms with Crippen LogP contribution in [0.25, 0.3) is 0 Å². The molecule has 1 aliphatic heterocycles. The number of nitrogens with zero attached hydrogens (tertiary/aromatic N) is 1. The second-order valence-corrected chi connectivity index (χ2v) is 7.83. The molecule has 0 atom stereocenters. The fourth-order valence-electron chi connectivity index (χ4n) is 4.37. The summed E-state index contributed by atoms with van der Waals surface area (Å²) in [4.78, 5) is 15.7. The van der Waals surface area contributed by atoms with Crippen LogP contribution >= 0.6 is 0 Å². The van der Waals surface area contributed by atoms with E-state index in [1.54, 1.807) is 33.5 Å². The Balaban J connectivity index is 1.67. The summed E-state index contributed by atoms with van der Waals surface area (Å²) in [6.07, 6.45) is 5.48. The fourth-order valence-corrected chi connectivity index (χ4v) is 4.37. The molecule has 0 saturated heterocycles. The first-order valence-electron chi connectivity index (χ1n) is 10.6. The van der Waals surface area contributed by atoms with Gasteiger partial charge in [0.15, 0.2) is 23.0 Å². The zero-order chi connectivity index (χ0) is 21.8. The molecule has 31 heavy (non-hydrogen) atoms. The highest BCUT2D eigenvalue weighted by molar-refractivity contribution is 5.96. The third-order valence-electron chi connectivity index (χ3n) is 5.98. The number of ether oxygens (including phenoxy) is 5. The molecule has 4 rings (SSSR count). The van der Waals surface area contributed by atoms with Crippen molar-refractivity contribution in [3.05, 3.63) is 41.5 Å². The number of hydrogen-bond donors (Lipinski definition) is 0. The van der Waals surface area contributed by atoms with E-state index in [1.165, 1.54) is 6.42 Å². The molecular formula is C24H29NO6. The van der Waals surface area contributed by atoms with Gasteiger partial charge in [-0.15, -0.1) is 0 Å². The monoisotopic (exact) mass is 427 g/mol. The van der Waals surface area contributed by atoms with Crippen LogP contribution in [0.3, 0.4) is 0 Å². The number of methoxy groups -OCH3 is 3. The van der Waals surface area contributed by atoms with Crippen LogP contribution in [-0.2, 0) is 6.54 Å². The van der Waals surface area contributed by atoms with Gasteiger partial charge in [-0.2, -0.15) is 0 Å². The van der Waals surface area contributed by atoms with E-state index in [0.717, 1.165) is 42.7 Å². The van der Waals surface area contributed by atoms with Crippen LogP contribution in [0.1, 0.15) is 48.0 Å². The maximum Gasteiger partial charge on any atom is 0.254 e. The first-order valence-corrected chi connectivity index (χ1v) is 10.6. The molecule has 0 bridgehead atoms. The minimum atomic E-state index is -0.0520. The molecule has 2 aliphatic rings. The Kier molecular flexibility index (Phi) is 6.39. The van der Waals surface area contributed by atoms with Crippen molar-refractivity contribution in [3.63, 3.8) is 0 Å². The van der Waals surface area contributed by atoms with Crippen LogP contribution < -0.4 is 23.7 Å². The molecule has 1 amide bonds. The van der Waals surface area contributed by atoms with Crippen molar-refractivity contribution >= 4 is 5.91 Å². The molecule has 0 N–H and O–H groups in total. The highest BCUT2D eigenvalue weighted by Gasteiger charge is 2.29. The van der Waals surface area contributed by atoms with Crippen molar-refractivity contribution in [1.82, 2.24) is 4.90 Å². The molecule has 0 aromatic heterocycles. The van der Waals surface area contributed by atoms with Crippen molar-refractivity contribution in [3.8, 4) is 28.7 Å². The zero-order valence-corrected chi connectivity index (χ0v) is 18.3. The predicted octanol–water partition coefficient (Wildman–Crippen LogP) is 4.42. The fraction of sp³-hybridized carbons (Fsp3) is 0.458. The largest absolute Gasteiger partial charge is 0.493 e. The average Bonchev–Trinajstić information content (AvgIpc) is 3.29. The lowest BCUT2D eigenvalue weighted by atomic mass is 9.93. The van der Waals surface area contributed by atoms with Crippen LogP contribution in [-0.4, -0.2) is 45.0 Å². The van der Waals surface area contributed by atoms with E-state index in [1.807, 2.05) is 23.1 Å². The van der Waals surface area contributed by atoms with Gasteiger partial charge < -0.3 is 28.6 Å². The number of rotatable bonds is 7. The van der Waals surface area contributed by atoms with E-state index >= 15 is 0 Å². The number of fused-ring (bicyclic) bond motifs is 1. The predicted molar refractivity (Wildman–Crippen MR) is 115 cm³/mol. The second kappa shape index (κ2) is 9.37.